The molecule has 0 rings (SSSR count). The van der Waals surface area contributed by atoms with Crippen LogP contribution in [0.5, 0.6) is 0 Å². The smallest absolute Gasteiger partial charge is 0.0273 e. The summed E-state index contributed by atoms with van der Waals surface area (Å²) in [6, 6.07) is 0. The van der Waals surface area contributed by atoms with Crippen molar-refractivity contribution in [1.29, 1.82) is 0 Å². The summed E-state index contributed by atoms with van der Waals surface area (Å²) < 4.78 is 0. The average Bonchev–Trinajstić information content (AvgIpc) is 1.59. The van der Waals surface area contributed by atoms with Crippen LogP contribution >= 0.6 is 0 Å². The summed E-state index contributed by atoms with van der Waals surface area (Å²) in [4.78, 5) is 3.90. The lowest BCUT2D eigenvalue weighted by atomic mass is 9.93. The van der Waals surface area contributed by atoms with Crippen LogP contribution in [-0.4, -0.2) is 13.3 Å². The van der Waals surface area contributed by atoms with Crippen molar-refractivity contribution in [1.82, 2.24) is 0 Å². The molecule has 0 aromatic rings. The zero-order valence-corrected chi connectivity index (χ0v) is 6.23. The second-order valence-corrected chi connectivity index (χ2v) is 3.21. The molecule has 0 saturated carbocycles. The molecule has 0 aromatic heterocycles. The Bertz CT molecular complexity index is 76.9. The van der Waals surface area contributed by atoms with E-state index in [2.05, 4.69) is 25.8 Å². The van der Waals surface area contributed by atoms with E-state index in [9.17, 15) is 0 Å². The molecule has 0 aromatic carbocycles. The van der Waals surface area contributed by atoms with Gasteiger partial charge in [-0.15, -0.1) is 0 Å². The van der Waals surface area contributed by atoms with Crippen molar-refractivity contribution in [2.24, 2.45) is 10.4 Å². The Balaban J connectivity index is 3.39. The van der Waals surface area contributed by atoms with E-state index in [1.54, 1.807) is 0 Å². The van der Waals surface area contributed by atoms with Gasteiger partial charge in [-0.25, -0.2) is 0 Å². The molecular weight excluding hydrogens is 98.1 g/mol. The third kappa shape index (κ3) is 5.67. The van der Waals surface area contributed by atoms with Crippen LogP contribution in [-0.2, 0) is 0 Å². The number of hydrogen-bond donors (Lipinski definition) is 0. The third-order valence-electron chi connectivity index (χ3n) is 0.886. The summed E-state index contributed by atoms with van der Waals surface area (Å²) in [5.41, 5.74) is 0.402. The lowest BCUT2D eigenvalue weighted by Crippen LogP contribution is -2.04. The fraction of sp³-hybridized carbons (Fsp3) is 0.857. The molecule has 0 amide bonds. The van der Waals surface area contributed by atoms with Gasteiger partial charge in [-0.1, -0.05) is 20.8 Å². The molecule has 0 atom stereocenters. The van der Waals surface area contributed by atoms with Crippen LogP contribution in [0.2, 0.25) is 0 Å². The Morgan fingerprint density at radius 1 is 1.38 bits per heavy atom. The lowest BCUT2D eigenvalue weighted by Gasteiger charge is -2.13. The van der Waals surface area contributed by atoms with Gasteiger partial charge in [0.15, 0.2) is 0 Å². The number of aliphatic imine (C=N–C) groups is 1. The van der Waals surface area contributed by atoms with Crippen molar-refractivity contribution >= 4 is 6.21 Å². The van der Waals surface area contributed by atoms with Gasteiger partial charge in [-0.2, -0.15) is 0 Å². The van der Waals surface area contributed by atoms with E-state index in [4.69, 9.17) is 0 Å². The summed E-state index contributed by atoms with van der Waals surface area (Å²) in [6.07, 6.45) is 3.03. The fourth-order valence-electron chi connectivity index (χ4n) is 0.365. The number of rotatable bonds is 1. The van der Waals surface area contributed by atoms with Gasteiger partial charge in [-0.05, 0) is 18.1 Å². The molecule has 0 aliphatic carbocycles. The van der Waals surface area contributed by atoms with Crippen LogP contribution in [0.1, 0.15) is 27.2 Å². The van der Waals surface area contributed by atoms with E-state index in [1.165, 1.54) is 0 Å². The van der Waals surface area contributed by atoms with Gasteiger partial charge in [0.1, 0.15) is 0 Å². The first-order valence-electron chi connectivity index (χ1n) is 2.97. The predicted molar refractivity (Wildman–Crippen MR) is 38.5 cm³/mol. The van der Waals surface area contributed by atoms with Crippen molar-refractivity contribution in [3.8, 4) is 0 Å². The molecule has 0 radical (unpaired) electrons. The largest absolute Gasteiger partial charge is 0.301 e. The van der Waals surface area contributed by atoms with E-state index in [1.807, 2.05) is 13.3 Å². The molecule has 0 saturated heterocycles. The van der Waals surface area contributed by atoms with Crippen molar-refractivity contribution in [3.05, 3.63) is 0 Å². The van der Waals surface area contributed by atoms with Crippen LogP contribution in [0.15, 0.2) is 4.99 Å². The summed E-state index contributed by atoms with van der Waals surface area (Å²) in [7, 11) is 1.81. The minimum absolute atomic E-state index is 0.402. The maximum atomic E-state index is 3.90. The van der Waals surface area contributed by atoms with Crippen molar-refractivity contribution < 1.29 is 0 Å². The maximum Gasteiger partial charge on any atom is 0.0273 e. The number of hydrogen-bond acceptors (Lipinski definition) is 1. The summed E-state index contributed by atoms with van der Waals surface area (Å²) in [6.45, 7) is 6.61. The van der Waals surface area contributed by atoms with Crippen LogP contribution in [0.3, 0.4) is 0 Å². The third-order valence-corrected chi connectivity index (χ3v) is 0.886. The molecule has 0 heterocycles. The van der Waals surface area contributed by atoms with E-state index < -0.39 is 0 Å². The highest BCUT2D eigenvalue weighted by molar-refractivity contribution is 5.57. The monoisotopic (exact) mass is 113 g/mol. The highest BCUT2D eigenvalue weighted by Gasteiger charge is 2.05. The predicted octanol–water partition coefficient (Wildman–Crippen LogP) is 2.12. The summed E-state index contributed by atoms with van der Waals surface area (Å²) >= 11 is 0. The molecule has 0 fully saturated rings. The zero-order valence-electron chi connectivity index (χ0n) is 6.23. The van der Waals surface area contributed by atoms with Crippen molar-refractivity contribution in [3.63, 3.8) is 0 Å². The minimum Gasteiger partial charge on any atom is -0.301 e. The van der Waals surface area contributed by atoms with Crippen LogP contribution in [0.4, 0.5) is 0 Å². The van der Waals surface area contributed by atoms with Crippen molar-refractivity contribution in [2.75, 3.05) is 7.05 Å². The second kappa shape index (κ2) is 2.85. The summed E-state index contributed by atoms with van der Waals surface area (Å²) in [5, 5.41) is 0. The molecule has 0 unspecified atom stereocenters. The SMILES string of the molecule is C/N=C/CC(C)(C)C. The van der Waals surface area contributed by atoms with E-state index in [-0.39, 0.29) is 0 Å². The molecule has 0 bridgehead atoms. The Hall–Kier alpha value is -0.330. The fourth-order valence-corrected chi connectivity index (χ4v) is 0.365. The van der Waals surface area contributed by atoms with Gasteiger partial charge in [0, 0.05) is 7.05 Å². The van der Waals surface area contributed by atoms with E-state index >= 15 is 0 Å². The first kappa shape index (κ1) is 7.67. The normalized spacial score (nSPS) is 13.0. The van der Waals surface area contributed by atoms with E-state index in [0.29, 0.717) is 5.41 Å². The first-order valence-corrected chi connectivity index (χ1v) is 2.97. The van der Waals surface area contributed by atoms with Crippen LogP contribution in [0.25, 0.3) is 0 Å². The van der Waals surface area contributed by atoms with Gasteiger partial charge >= 0.3 is 0 Å². The molecule has 1 heteroatoms. The number of nitrogens with zero attached hydrogens (tertiary/aromatic N) is 1. The Kier molecular flexibility index (Phi) is 2.74. The van der Waals surface area contributed by atoms with Gasteiger partial charge < -0.3 is 4.99 Å². The molecule has 1 nitrogen and oxygen atoms in total. The van der Waals surface area contributed by atoms with Gasteiger partial charge in [-0.3, -0.25) is 0 Å². The van der Waals surface area contributed by atoms with Gasteiger partial charge in [0.05, 0.1) is 0 Å². The van der Waals surface area contributed by atoms with Crippen LogP contribution < -0.4 is 0 Å². The molecule has 48 valence electrons. The molecule has 0 aliphatic heterocycles. The molecule has 8 heavy (non-hydrogen) atoms. The van der Waals surface area contributed by atoms with E-state index in [0.717, 1.165) is 6.42 Å². The maximum absolute atomic E-state index is 3.90. The Labute approximate surface area is 51.8 Å². The quantitative estimate of drug-likeness (QED) is 0.462. The highest BCUT2D eigenvalue weighted by atomic mass is 14.6. The first-order chi connectivity index (χ1) is 3.56. The average molecular weight is 113 g/mol. The van der Waals surface area contributed by atoms with Gasteiger partial charge in [0.2, 0.25) is 0 Å². The molecule has 0 spiro atoms. The van der Waals surface area contributed by atoms with Crippen molar-refractivity contribution in [2.45, 2.75) is 27.2 Å². The standard InChI is InChI=1S/C7H15N/c1-7(2,3)5-6-8-4/h6H,5H2,1-4H3/b8-6+. The molecule has 0 N–H and O–H groups in total. The minimum atomic E-state index is 0.402. The Morgan fingerprint density at radius 3 is 2.00 bits per heavy atom. The molecule has 0 aliphatic rings. The lowest BCUT2D eigenvalue weighted by molar-refractivity contribution is 0.437. The zero-order chi connectivity index (χ0) is 6.62. The topological polar surface area (TPSA) is 12.4 Å². The van der Waals surface area contributed by atoms with Crippen LogP contribution in [0, 0.1) is 5.41 Å². The second-order valence-electron chi connectivity index (χ2n) is 3.21. The molecular formula is C7H15N. The summed E-state index contributed by atoms with van der Waals surface area (Å²) in [5.74, 6) is 0. The highest BCUT2D eigenvalue weighted by Crippen LogP contribution is 2.15. The Morgan fingerprint density at radius 2 is 1.88 bits per heavy atom. The van der Waals surface area contributed by atoms with Gasteiger partial charge in [0.25, 0.3) is 0 Å².